The minimum Gasteiger partial charge on any atom is -0.346 e. The molecule has 0 aromatic carbocycles. The molecule has 1 heterocycles. The van der Waals surface area contributed by atoms with Crippen molar-refractivity contribution in [3.05, 3.63) is 12.7 Å². The van der Waals surface area contributed by atoms with Crippen LogP contribution in [0.3, 0.4) is 0 Å². The SMILES string of the molecule is C=CCNC(=O)C(=O)[C@@H](NC(=O)[C@@H]1[C@@H]2C(CN1C(=O)[C@@H](NC(=O)NC1(CS(=O)(=O)C(C)(C)C)CCCCC1)C1(C)CCCCC1)C2(C)C)C1CCC1. The van der Waals surface area contributed by atoms with Gasteiger partial charge in [-0.3, -0.25) is 19.2 Å². The van der Waals surface area contributed by atoms with E-state index in [1.165, 1.54) is 6.08 Å². The molecular formula is C39H63N5O7S. The van der Waals surface area contributed by atoms with Gasteiger partial charge in [0.25, 0.3) is 5.91 Å². The molecule has 4 aliphatic carbocycles. The van der Waals surface area contributed by atoms with Crippen molar-refractivity contribution in [1.82, 2.24) is 26.2 Å². The van der Waals surface area contributed by atoms with Crippen molar-refractivity contribution in [3.8, 4) is 0 Å². The smallest absolute Gasteiger partial charge is 0.315 e. The van der Waals surface area contributed by atoms with Gasteiger partial charge in [-0.05, 0) is 87.9 Å². The molecular weight excluding hydrogens is 683 g/mol. The van der Waals surface area contributed by atoms with Crippen LogP contribution in [0.15, 0.2) is 12.7 Å². The Morgan fingerprint density at radius 2 is 1.48 bits per heavy atom. The van der Waals surface area contributed by atoms with Gasteiger partial charge in [-0.25, -0.2) is 13.2 Å². The van der Waals surface area contributed by atoms with Gasteiger partial charge in [0.05, 0.1) is 16.0 Å². The zero-order chi connectivity index (χ0) is 38.3. The lowest BCUT2D eigenvalue weighted by Gasteiger charge is -2.44. The standard InChI is InChI=1S/C39H63N5O7S/c1-8-22-40-33(47)30(45)28(25-16-15-17-25)41-32(46)29-27-26(37(27,5)6)23-44(29)34(48)31(38(7)18-11-9-12-19-38)42-35(49)43-39(20-13-10-14-21-39)24-52(50,51)36(2,3)4/h8,25-29,31H,1,9-24H2,2-7H3,(H,40,47)(H,41,46)(H2,42,43,49)/t26?,27-,28-,29-,31+/m0/s1. The number of rotatable bonds is 13. The highest BCUT2D eigenvalue weighted by molar-refractivity contribution is 7.92. The molecule has 5 aliphatic rings. The Bertz CT molecular complexity index is 1520. The van der Waals surface area contributed by atoms with Crippen LogP contribution >= 0.6 is 0 Å². The molecule has 0 bridgehead atoms. The Kier molecular flexibility index (Phi) is 11.6. The average molecular weight is 746 g/mol. The van der Waals surface area contributed by atoms with Gasteiger partial charge in [-0.15, -0.1) is 6.58 Å². The van der Waals surface area contributed by atoms with Gasteiger partial charge in [0, 0.05) is 13.1 Å². The summed E-state index contributed by atoms with van der Waals surface area (Å²) in [5.41, 5.74) is -1.73. The zero-order valence-electron chi connectivity index (χ0n) is 32.3. The maximum absolute atomic E-state index is 14.9. The minimum absolute atomic E-state index is 0.0719. The van der Waals surface area contributed by atoms with Gasteiger partial charge in [0.2, 0.25) is 17.6 Å². The molecule has 1 unspecified atom stereocenters. The van der Waals surface area contributed by atoms with E-state index in [9.17, 15) is 32.4 Å². The van der Waals surface area contributed by atoms with Crippen LogP contribution in [-0.4, -0.2) is 90.1 Å². The first-order valence-electron chi connectivity index (χ1n) is 19.6. The van der Waals surface area contributed by atoms with Gasteiger partial charge >= 0.3 is 6.03 Å². The van der Waals surface area contributed by atoms with E-state index in [0.29, 0.717) is 45.1 Å². The van der Waals surface area contributed by atoms with Crippen molar-refractivity contribution in [2.75, 3.05) is 18.8 Å². The van der Waals surface area contributed by atoms with Crippen LogP contribution in [0, 0.1) is 28.6 Å². The molecule has 0 aromatic heterocycles. The molecule has 5 fully saturated rings. The van der Waals surface area contributed by atoms with E-state index < -0.39 is 67.3 Å². The summed E-state index contributed by atoms with van der Waals surface area (Å²) >= 11 is 0. The molecule has 5 amide bonds. The molecule has 1 saturated heterocycles. The van der Waals surface area contributed by atoms with Crippen LogP contribution in [0.1, 0.15) is 125 Å². The Morgan fingerprint density at radius 3 is 2.02 bits per heavy atom. The van der Waals surface area contributed by atoms with Crippen molar-refractivity contribution >= 4 is 39.4 Å². The molecule has 0 aromatic rings. The summed E-state index contributed by atoms with van der Waals surface area (Å²) in [6.45, 7) is 15.3. The van der Waals surface area contributed by atoms with E-state index in [2.05, 4.69) is 41.7 Å². The number of piperidine rings is 1. The first-order valence-corrected chi connectivity index (χ1v) is 21.3. The molecule has 292 valence electrons. The third-order valence-corrected chi connectivity index (χ3v) is 16.2. The average Bonchev–Trinajstić information content (AvgIpc) is 3.35. The van der Waals surface area contributed by atoms with E-state index in [4.69, 9.17) is 0 Å². The Morgan fingerprint density at radius 1 is 0.885 bits per heavy atom. The molecule has 5 atom stereocenters. The molecule has 1 aliphatic heterocycles. The fourth-order valence-corrected chi connectivity index (χ4v) is 11.0. The quantitative estimate of drug-likeness (QED) is 0.162. The molecule has 5 rings (SSSR count). The number of carbonyl (C=O) groups is 5. The Hall–Kier alpha value is -2.96. The van der Waals surface area contributed by atoms with Crippen LogP contribution in [0.4, 0.5) is 4.79 Å². The second kappa shape index (κ2) is 15.1. The first kappa shape index (κ1) is 40.2. The number of fused-ring (bicyclic) bond motifs is 1. The number of urea groups is 1. The number of carbonyl (C=O) groups excluding carboxylic acids is 5. The highest BCUT2D eigenvalue weighted by atomic mass is 32.2. The number of likely N-dealkylation sites (tertiary alicyclic amines) is 1. The van der Waals surface area contributed by atoms with Crippen LogP contribution in [-0.2, 0) is 29.0 Å². The predicted octanol–water partition coefficient (Wildman–Crippen LogP) is 4.18. The fourth-order valence-electron chi connectivity index (χ4n) is 9.49. The number of amides is 5. The number of sulfone groups is 1. The summed E-state index contributed by atoms with van der Waals surface area (Å²) in [6, 6.07) is -3.36. The molecule has 13 heteroatoms. The van der Waals surface area contributed by atoms with E-state index in [0.717, 1.165) is 44.9 Å². The number of hydrogen-bond acceptors (Lipinski definition) is 7. The topological polar surface area (TPSA) is 171 Å². The van der Waals surface area contributed by atoms with Gasteiger partial charge in [0.15, 0.2) is 9.84 Å². The predicted molar refractivity (Wildman–Crippen MR) is 200 cm³/mol. The summed E-state index contributed by atoms with van der Waals surface area (Å²) in [5.74, 6) is -2.64. The van der Waals surface area contributed by atoms with Crippen molar-refractivity contribution in [2.24, 2.45) is 28.6 Å². The Balaban J connectivity index is 1.40. The lowest BCUT2D eigenvalue weighted by molar-refractivity contribution is -0.146. The number of Topliss-reactive ketones (excluding diaryl/α,β-unsaturated/α-hetero) is 1. The van der Waals surface area contributed by atoms with Crippen LogP contribution in [0.5, 0.6) is 0 Å². The van der Waals surface area contributed by atoms with Gasteiger partial charge < -0.3 is 26.2 Å². The summed E-state index contributed by atoms with van der Waals surface area (Å²) < 4.78 is 25.9. The summed E-state index contributed by atoms with van der Waals surface area (Å²) in [5, 5.41) is 11.6. The van der Waals surface area contributed by atoms with Gasteiger partial charge in [-0.2, -0.15) is 0 Å². The second-order valence-corrected chi connectivity index (χ2v) is 21.1. The van der Waals surface area contributed by atoms with E-state index in [1.54, 1.807) is 25.7 Å². The lowest BCUT2D eigenvalue weighted by Crippen LogP contribution is -2.65. The number of nitrogens with zero attached hydrogens (tertiary/aromatic N) is 1. The van der Waals surface area contributed by atoms with Crippen LogP contribution < -0.4 is 21.3 Å². The second-order valence-electron chi connectivity index (χ2n) is 18.4. The van der Waals surface area contributed by atoms with E-state index >= 15 is 0 Å². The molecule has 0 spiro atoms. The molecule has 52 heavy (non-hydrogen) atoms. The number of ketones is 1. The highest BCUT2D eigenvalue weighted by Crippen LogP contribution is 2.65. The monoisotopic (exact) mass is 745 g/mol. The van der Waals surface area contributed by atoms with Crippen LogP contribution in [0.2, 0.25) is 0 Å². The third-order valence-electron chi connectivity index (χ3n) is 13.4. The van der Waals surface area contributed by atoms with Gasteiger partial charge in [0.1, 0.15) is 18.1 Å². The molecule has 4 saturated carbocycles. The third kappa shape index (κ3) is 8.09. The maximum Gasteiger partial charge on any atom is 0.315 e. The van der Waals surface area contributed by atoms with E-state index in [1.807, 2.05) is 6.92 Å². The number of nitrogens with one attached hydrogen (secondary N) is 4. The first-order chi connectivity index (χ1) is 24.3. The molecule has 4 N–H and O–H groups in total. The minimum atomic E-state index is -3.57. The van der Waals surface area contributed by atoms with Crippen molar-refractivity contribution < 1.29 is 32.4 Å². The fraction of sp³-hybridized carbons (Fsp3) is 0.821. The van der Waals surface area contributed by atoms with E-state index in [-0.39, 0.29) is 41.4 Å². The highest BCUT2D eigenvalue weighted by Gasteiger charge is 2.70. The largest absolute Gasteiger partial charge is 0.346 e. The van der Waals surface area contributed by atoms with Crippen molar-refractivity contribution in [2.45, 2.75) is 153 Å². The Labute approximate surface area is 310 Å². The van der Waals surface area contributed by atoms with Gasteiger partial charge in [-0.1, -0.05) is 71.8 Å². The maximum atomic E-state index is 14.9. The lowest BCUT2D eigenvalue weighted by atomic mass is 9.70. The summed E-state index contributed by atoms with van der Waals surface area (Å²) in [6.07, 6.45) is 11.7. The van der Waals surface area contributed by atoms with Crippen LogP contribution in [0.25, 0.3) is 0 Å². The number of hydrogen-bond donors (Lipinski definition) is 4. The summed E-state index contributed by atoms with van der Waals surface area (Å²) in [7, 11) is -3.57. The van der Waals surface area contributed by atoms with Crippen molar-refractivity contribution in [3.63, 3.8) is 0 Å². The normalized spacial score (nSPS) is 27.5. The molecule has 0 radical (unpaired) electrons. The zero-order valence-corrected chi connectivity index (χ0v) is 33.1. The van der Waals surface area contributed by atoms with Crippen molar-refractivity contribution in [1.29, 1.82) is 0 Å². The summed E-state index contributed by atoms with van der Waals surface area (Å²) in [4.78, 5) is 71.0. The molecule has 12 nitrogen and oxygen atoms in total.